The van der Waals surface area contributed by atoms with Crippen molar-refractivity contribution in [2.75, 3.05) is 0 Å². The van der Waals surface area contributed by atoms with Gasteiger partial charge in [-0.2, -0.15) is 0 Å². The zero-order chi connectivity index (χ0) is 30.7. The van der Waals surface area contributed by atoms with Gasteiger partial charge in [-0.05, 0) is 141 Å². The number of allylic oxidation sites excluding steroid dienone is 1. The molecule has 0 saturated heterocycles. The van der Waals surface area contributed by atoms with Crippen LogP contribution in [-0.2, 0) is 0 Å². The average molecular weight is 575 g/mol. The van der Waals surface area contributed by atoms with E-state index in [-0.39, 0.29) is 5.78 Å². The molecule has 3 aromatic heterocycles. The van der Waals surface area contributed by atoms with Gasteiger partial charge in [0, 0.05) is 16.6 Å². The van der Waals surface area contributed by atoms with E-state index in [4.69, 9.17) is 9.40 Å². The van der Waals surface area contributed by atoms with E-state index in [0.717, 1.165) is 61.4 Å². The molecule has 0 unspecified atom stereocenters. The highest BCUT2D eigenvalue weighted by molar-refractivity contribution is 6.09. The second-order valence-corrected chi connectivity index (χ2v) is 12.1. The smallest absolute Gasteiger partial charge is 0.185 e. The number of fused-ring (bicyclic) bond motifs is 8. The summed E-state index contributed by atoms with van der Waals surface area (Å²) < 4.78 is 6.89. The van der Waals surface area contributed by atoms with Crippen LogP contribution in [0.3, 0.4) is 0 Å². The molecule has 5 aromatic rings. The summed E-state index contributed by atoms with van der Waals surface area (Å²) in [6.07, 6.45) is 7.57. The SMILES string of the molecule is Cc1cc(C)c(-c2c3nc(cc4cc(cc5ccc([nH]5)c(-c5c(C)cc(C)cc5C)c5ccc2o5)C(=O)C=C4)C=C3)c(C)c1. The molecule has 44 heavy (non-hydrogen) atoms. The van der Waals surface area contributed by atoms with Crippen molar-refractivity contribution in [2.24, 2.45) is 0 Å². The van der Waals surface area contributed by atoms with Crippen LogP contribution in [0.25, 0.3) is 62.7 Å². The van der Waals surface area contributed by atoms with E-state index in [1.165, 1.54) is 33.4 Å². The third-order valence-corrected chi connectivity index (χ3v) is 8.51. The van der Waals surface area contributed by atoms with Crippen LogP contribution in [0, 0.1) is 41.5 Å². The molecule has 0 radical (unpaired) electrons. The number of carbonyl (C=O) groups is 1. The molecule has 1 N–H and O–H groups in total. The van der Waals surface area contributed by atoms with Crippen molar-refractivity contribution in [2.45, 2.75) is 41.5 Å². The molecule has 0 amide bonds. The second kappa shape index (κ2) is 10.5. The first kappa shape index (κ1) is 27.6. The van der Waals surface area contributed by atoms with Crippen LogP contribution in [-0.4, -0.2) is 15.8 Å². The summed E-state index contributed by atoms with van der Waals surface area (Å²) in [4.78, 5) is 21.6. The minimum atomic E-state index is -0.0263. The van der Waals surface area contributed by atoms with Gasteiger partial charge < -0.3 is 9.40 Å². The summed E-state index contributed by atoms with van der Waals surface area (Å²) in [6, 6.07) is 22.9. The number of nitrogens with zero attached hydrogens (tertiary/aromatic N) is 1. The molecule has 0 fully saturated rings. The van der Waals surface area contributed by atoms with Gasteiger partial charge in [0.15, 0.2) is 5.78 Å². The Balaban J connectivity index is 1.69. The van der Waals surface area contributed by atoms with Crippen molar-refractivity contribution in [1.82, 2.24) is 9.97 Å². The van der Waals surface area contributed by atoms with Gasteiger partial charge in [0.2, 0.25) is 0 Å². The molecule has 4 nitrogen and oxygen atoms in total. The summed E-state index contributed by atoms with van der Waals surface area (Å²) in [5.74, 6) is -0.0263. The van der Waals surface area contributed by atoms with Gasteiger partial charge in [-0.3, -0.25) is 4.79 Å². The van der Waals surface area contributed by atoms with E-state index in [2.05, 4.69) is 95.1 Å². The van der Waals surface area contributed by atoms with E-state index < -0.39 is 0 Å². The third-order valence-electron chi connectivity index (χ3n) is 8.51. The highest BCUT2D eigenvalue weighted by Crippen LogP contribution is 2.39. The summed E-state index contributed by atoms with van der Waals surface area (Å²) in [5.41, 5.74) is 17.8. The summed E-state index contributed by atoms with van der Waals surface area (Å²) in [6.45, 7) is 12.9. The molecule has 0 spiro atoms. The lowest BCUT2D eigenvalue weighted by Crippen LogP contribution is -1.97. The number of rotatable bonds is 2. The number of carbonyl (C=O) groups excluding carboxylic acids is 1. The standard InChI is InChI=1S/C40H34N2O2/c1-22-15-24(3)37(25(4)16-22)39-32-10-8-30(41-32)20-28-7-12-34(43)29(19-28)21-31-9-11-33(42-31)40(36-14-13-35(39)44-36)38-26(5)17-23(2)18-27(38)6/h7-21,42H,1-6H3. The minimum Gasteiger partial charge on any atom is -0.456 e. The number of hydrogen-bond donors (Lipinski definition) is 1. The van der Waals surface area contributed by atoms with Crippen LogP contribution in [0.2, 0.25) is 0 Å². The third kappa shape index (κ3) is 4.83. The average Bonchev–Trinajstić information content (AvgIpc) is 3.72. The molecule has 7 rings (SSSR count). The monoisotopic (exact) mass is 574 g/mol. The fraction of sp³-hybridized carbons (Fsp3) is 0.150. The topological polar surface area (TPSA) is 58.9 Å². The number of benzene rings is 2. The molecule has 4 heterocycles. The van der Waals surface area contributed by atoms with Crippen LogP contribution >= 0.6 is 0 Å². The Labute approximate surface area is 257 Å². The molecule has 1 aliphatic carbocycles. The predicted molar refractivity (Wildman–Crippen MR) is 183 cm³/mol. The molecular formula is C40H34N2O2. The Morgan fingerprint density at radius 2 is 1.20 bits per heavy atom. The fourth-order valence-corrected chi connectivity index (χ4v) is 6.87. The Morgan fingerprint density at radius 3 is 1.86 bits per heavy atom. The Kier molecular flexibility index (Phi) is 6.58. The largest absolute Gasteiger partial charge is 0.456 e. The second-order valence-electron chi connectivity index (χ2n) is 12.1. The molecule has 2 aliphatic rings. The maximum atomic E-state index is 12.9. The van der Waals surface area contributed by atoms with Crippen LogP contribution in [0.1, 0.15) is 60.7 Å². The van der Waals surface area contributed by atoms with Crippen molar-refractivity contribution in [3.05, 3.63) is 129 Å². The molecular weight excluding hydrogens is 540 g/mol. The molecule has 2 aromatic carbocycles. The Bertz CT molecular complexity index is 2210. The molecule has 1 aliphatic heterocycles. The van der Waals surface area contributed by atoms with E-state index in [1.807, 2.05) is 36.4 Å². The predicted octanol–water partition coefficient (Wildman–Crippen LogP) is 10.4. The van der Waals surface area contributed by atoms with E-state index in [1.54, 1.807) is 6.08 Å². The number of aromatic amines is 1. The van der Waals surface area contributed by atoms with Crippen molar-refractivity contribution < 1.29 is 9.21 Å². The number of aryl methyl sites for hydroxylation is 6. The van der Waals surface area contributed by atoms with Crippen molar-refractivity contribution in [3.63, 3.8) is 0 Å². The van der Waals surface area contributed by atoms with Crippen LogP contribution < -0.4 is 0 Å². The van der Waals surface area contributed by atoms with Gasteiger partial charge in [0.05, 0.1) is 22.5 Å². The van der Waals surface area contributed by atoms with E-state index in [0.29, 0.717) is 5.56 Å². The minimum absolute atomic E-state index is 0.0263. The lowest BCUT2D eigenvalue weighted by Gasteiger charge is -2.13. The zero-order valence-corrected chi connectivity index (χ0v) is 25.9. The summed E-state index contributed by atoms with van der Waals surface area (Å²) in [5, 5.41) is 0. The van der Waals surface area contributed by atoms with Gasteiger partial charge in [-0.15, -0.1) is 0 Å². The Hall–Kier alpha value is -5.22. The normalized spacial score (nSPS) is 12.6. The van der Waals surface area contributed by atoms with Gasteiger partial charge in [-0.1, -0.05) is 41.5 Å². The van der Waals surface area contributed by atoms with E-state index in [9.17, 15) is 4.79 Å². The lowest BCUT2D eigenvalue weighted by molar-refractivity contribution is 0.104. The molecule has 0 atom stereocenters. The highest BCUT2D eigenvalue weighted by Gasteiger charge is 2.19. The molecule has 8 bridgehead atoms. The number of H-pyrrole nitrogens is 1. The van der Waals surface area contributed by atoms with Gasteiger partial charge in [0.25, 0.3) is 0 Å². The van der Waals surface area contributed by atoms with Crippen molar-refractivity contribution in [3.8, 4) is 22.3 Å². The first-order valence-corrected chi connectivity index (χ1v) is 15.0. The quantitative estimate of drug-likeness (QED) is 0.224. The van der Waals surface area contributed by atoms with Gasteiger partial charge in [0.1, 0.15) is 11.2 Å². The number of hydrogen-bond acceptors (Lipinski definition) is 3. The summed E-state index contributed by atoms with van der Waals surface area (Å²) >= 11 is 0. The van der Waals surface area contributed by atoms with E-state index >= 15 is 0 Å². The number of ketones is 1. The maximum absolute atomic E-state index is 12.9. The number of furan rings is 1. The highest BCUT2D eigenvalue weighted by atomic mass is 16.3. The van der Waals surface area contributed by atoms with Crippen LogP contribution in [0.15, 0.2) is 77.2 Å². The summed E-state index contributed by atoms with van der Waals surface area (Å²) in [7, 11) is 0. The molecule has 216 valence electrons. The number of nitrogens with one attached hydrogen (secondary N) is 1. The van der Waals surface area contributed by atoms with Crippen molar-refractivity contribution >= 4 is 46.2 Å². The Morgan fingerprint density at radius 1 is 0.591 bits per heavy atom. The van der Waals surface area contributed by atoms with Crippen LogP contribution in [0.5, 0.6) is 0 Å². The van der Waals surface area contributed by atoms with Crippen molar-refractivity contribution in [1.29, 1.82) is 0 Å². The van der Waals surface area contributed by atoms with Crippen LogP contribution in [0.4, 0.5) is 0 Å². The lowest BCUT2D eigenvalue weighted by atomic mass is 9.93. The zero-order valence-electron chi connectivity index (χ0n) is 25.9. The first-order valence-electron chi connectivity index (χ1n) is 15.0. The number of aromatic nitrogens is 2. The maximum Gasteiger partial charge on any atom is 0.185 e. The first-order chi connectivity index (χ1) is 21.1. The van der Waals surface area contributed by atoms with Gasteiger partial charge in [-0.25, -0.2) is 4.98 Å². The molecule has 4 heteroatoms. The fourth-order valence-electron chi connectivity index (χ4n) is 6.87. The van der Waals surface area contributed by atoms with Gasteiger partial charge >= 0.3 is 0 Å². The molecule has 0 saturated carbocycles.